The molecule has 2 aromatic rings. The van der Waals surface area contributed by atoms with Crippen LogP contribution in [0.25, 0.3) is 0 Å². The van der Waals surface area contributed by atoms with Gasteiger partial charge in [0.25, 0.3) is 0 Å². The summed E-state index contributed by atoms with van der Waals surface area (Å²) < 4.78 is 38.4. The zero-order valence-corrected chi connectivity index (χ0v) is 20.0. The Labute approximate surface area is 199 Å². The van der Waals surface area contributed by atoms with E-state index in [1.165, 1.54) is 5.56 Å². The van der Waals surface area contributed by atoms with E-state index in [9.17, 15) is 13.6 Å². The molecule has 1 heterocycles. The zero-order chi connectivity index (χ0) is 24.3. The lowest BCUT2D eigenvalue weighted by molar-refractivity contribution is 0.136. The van der Waals surface area contributed by atoms with E-state index in [-0.39, 0.29) is 23.2 Å². The van der Waals surface area contributed by atoms with Crippen molar-refractivity contribution in [2.45, 2.75) is 56.5 Å². The van der Waals surface area contributed by atoms with E-state index in [2.05, 4.69) is 34.6 Å². The average Bonchev–Trinajstić information content (AvgIpc) is 3.20. The van der Waals surface area contributed by atoms with Gasteiger partial charge in [-0.3, -0.25) is 4.90 Å². The van der Waals surface area contributed by atoms with Crippen molar-refractivity contribution in [1.29, 1.82) is 0 Å². The SMILES string of the molecule is CCCN1CCC2(c3ccc(OC)c(OC)c3)CCC(NC(=O)Nc3cc(F)ccc3F)CC12. The fourth-order valence-corrected chi connectivity index (χ4v) is 5.75. The van der Waals surface area contributed by atoms with E-state index in [1.54, 1.807) is 14.2 Å². The molecule has 6 nitrogen and oxygen atoms in total. The van der Waals surface area contributed by atoms with Gasteiger partial charge in [-0.2, -0.15) is 0 Å². The maximum absolute atomic E-state index is 13.9. The molecule has 34 heavy (non-hydrogen) atoms. The maximum Gasteiger partial charge on any atom is 0.319 e. The summed E-state index contributed by atoms with van der Waals surface area (Å²) in [5.74, 6) is 0.158. The molecule has 1 saturated carbocycles. The number of hydrogen-bond donors (Lipinski definition) is 2. The van der Waals surface area contributed by atoms with Crippen LogP contribution in [-0.2, 0) is 5.41 Å². The highest BCUT2D eigenvalue weighted by molar-refractivity contribution is 5.89. The third-order valence-corrected chi connectivity index (χ3v) is 7.35. The zero-order valence-electron chi connectivity index (χ0n) is 20.0. The van der Waals surface area contributed by atoms with Crippen LogP contribution in [0.2, 0.25) is 0 Å². The van der Waals surface area contributed by atoms with Crippen molar-refractivity contribution in [3.63, 3.8) is 0 Å². The molecule has 0 spiro atoms. The summed E-state index contributed by atoms with van der Waals surface area (Å²) in [6.07, 6.45) is 4.58. The standard InChI is InChI=1S/C26H33F2N3O3/c1-4-12-31-13-11-26(17-5-8-22(33-2)23(14-17)34-3)10-9-19(16-24(26)31)29-25(32)30-21-15-18(27)6-7-20(21)28/h5-8,14-15,19,24H,4,9-13,16H2,1-3H3,(H2,29,30,32). The number of fused-ring (bicyclic) bond motifs is 1. The molecule has 2 aromatic carbocycles. The molecule has 2 N–H and O–H groups in total. The van der Waals surface area contributed by atoms with Crippen molar-refractivity contribution >= 4 is 11.7 Å². The summed E-state index contributed by atoms with van der Waals surface area (Å²) in [6, 6.07) is 8.88. The minimum atomic E-state index is -0.669. The quantitative estimate of drug-likeness (QED) is 0.589. The van der Waals surface area contributed by atoms with Gasteiger partial charge in [-0.1, -0.05) is 13.0 Å². The number of halogens is 2. The number of carbonyl (C=O) groups excluding carboxylic acids is 1. The molecule has 0 aromatic heterocycles. The first-order valence-electron chi connectivity index (χ1n) is 11.9. The highest BCUT2D eigenvalue weighted by Crippen LogP contribution is 2.50. The number of ether oxygens (including phenoxy) is 2. The van der Waals surface area contributed by atoms with Gasteiger partial charge in [-0.05, 0) is 75.0 Å². The van der Waals surface area contributed by atoms with Crippen molar-refractivity contribution in [3.8, 4) is 11.5 Å². The monoisotopic (exact) mass is 473 g/mol. The molecule has 184 valence electrons. The van der Waals surface area contributed by atoms with E-state index in [0.717, 1.165) is 69.1 Å². The highest BCUT2D eigenvalue weighted by Gasteiger charge is 2.51. The summed E-state index contributed by atoms with van der Waals surface area (Å²) in [6.45, 7) is 4.17. The first kappa shape index (κ1) is 24.3. The third-order valence-electron chi connectivity index (χ3n) is 7.35. The van der Waals surface area contributed by atoms with Gasteiger partial charge in [0.05, 0.1) is 19.9 Å². The number of amides is 2. The van der Waals surface area contributed by atoms with Crippen LogP contribution >= 0.6 is 0 Å². The molecule has 0 bridgehead atoms. The Morgan fingerprint density at radius 1 is 1.12 bits per heavy atom. The van der Waals surface area contributed by atoms with Gasteiger partial charge in [0, 0.05) is 23.6 Å². The number of carbonyl (C=O) groups is 1. The van der Waals surface area contributed by atoms with Crippen LogP contribution in [0.5, 0.6) is 11.5 Å². The molecule has 1 saturated heterocycles. The lowest BCUT2D eigenvalue weighted by Gasteiger charge is -2.45. The molecule has 2 amide bonds. The molecular formula is C26H33F2N3O3. The number of benzene rings is 2. The van der Waals surface area contributed by atoms with E-state index in [1.807, 2.05) is 6.07 Å². The number of methoxy groups -OCH3 is 2. The fraction of sp³-hybridized carbons (Fsp3) is 0.500. The van der Waals surface area contributed by atoms with Crippen LogP contribution in [0.1, 0.15) is 44.6 Å². The number of likely N-dealkylation sites (tertiary alicyclic amines) is 1. The molecule has 3 atom stereocenters. The van der Waals surface area contributed by atoms with Crippen molar-refractivity contribution in [1.82, 2.24) is 10.2 Å². The van der Waals surface area contributed by atoms with Crippen molar-refractivity contribution in [3.05, 3.63) is 53.6 Å². The Morgan fingerprint density at radius 2 is 1.91 bits per heavy atom. The Hall–Kier alpha value is -2.87. The second-order valence-electron chi connectivity index (χ2n) is 9.22. The number of hydrogen-bond acceptors (Lipinski definition) is 4. The number of rotatable bonds is 7. The van der Waals surface area contributed by atoms with Crippen LogP contribution in [0, 0.1) is 11.6 Å². The fourth-order valence-electron chi connectivity index (χ4n) is 5.75. The minimum absolute atomic E-state index is 0.0297. The first-order valence-corrected chi connectivity index (χ1v) is 11.9. The van der Waals surface area contributed by atoms with Crippen LogP contribution in [0.4, 0.5) is 19.3 Å². The lowest BCUT2D eigenvalue weighted by atomic mass is 9.65. The van der Waals surface area contributed by atoms with Crippen molar-refractivity contribution in [2.24, 2.45) is 0 Å². The third kappa shape index (κ3) is 4.69. The van der Waals surface area contributed by atoms with Gasteiger partial charge in [0.15, 0.2) is 11.5 Å². The van der Waals surface area contributed by atoms with Crippen molar-refractivity contribution < 1.29 is 23.0 Å². The molecule has 2 aliphatic rings. The summed E-state index contributed by atoms with van der Waals surface area (Å²) >= 11 is 0. The lowest BCUT2D eigenvalue weighted by Crippen LogP contribution is -2.53. The number of urea groups is 1. The Morgan fingerprint density at radius 3 is 2.65 bits per heavy atom. The Balaban J connectivity index is 1.53. The predicted molar refractivity (Wildman–Crippen MR) is 128 cm³/mol. The molecular weight excluding hydrogens is 440 g/mol. The smallest absolute Gasteiger partial charge is 0.319 e. The van der Waals surface area contributed by atoms with Crippen LogP contribution in [-0.4, -0.2) is 50.3 Å². The molecule has 8 heteroatoms. The average molecular weight is 474 g/mol. The summed E-state index contributed by atoms with van der Waals surface area (Å²) in [5, 5.41) is 5.44. The van der Waals surface area contributed by atoms with E-state index < -0.39 is 17.7 Å². The second kappa shape index (κ2) is 10.2. The molecule has 0 radical (unpaired) electrons. The summed E-state index contributed by atoms with van der Waals surface area (Å²) in [7, 11) is 3.28. The number of nitrogens with one attached hydrogen (secondary N) is 2. The molecule has 1 aliphatic heterocycles. The van der Waals surface area contributed by atoms with Gasteiger partial charge >= 0.3 is 6.03 Å². The Bertz CT molecular complexity index is 1030. The summed E-state index contributed by atoms with van der Waals surface area (Å²) in [4.78, 5) is 15.1. The van der Waals surface area contributed by atoms with Crippen LogP contribution in [0.3, 0.4) is 0 Å². The molecule has 1 aliphatic carbocycles. The maximum atomic E-state index is 13.9. The Kier molecular flexibility index (Phi) is 7.26. The van der Waals surface area contributed by atoms with E-state index in [0.29, 0.717) is 5.75 Å². The van der Waals surface area contributed by atoms with Gasteiger partial charge in [0.1, 0.15) is 11.6 Å². The predicted octanol–water partition coefficient (Wildman–Crippen LogP) is 5.08. The normalized spacial score (nSPS) is 24.4. The molecule has 4 rings (SSSR count). The number of anilines is 1. The highest BCUT2D eigenvalue weighted by atomic mass is 19.1. The largest absolute Gasteiger partial charge is 0.493 e. The van der Waals surface area contributed by atoms with E-state index >= 15 is 0 Å². The van der Waals surface area contributed by atoms with Gasteiger partial charge in [0.2, 0.25) is 0 Å². The van der Waals surface area contributed by atoms with Gasteiger partial charge in [-0.15, -0.1) is 0 Å². The van der Waals surface area contributed by atoms with Gasteiger partial charge in [-0.25, -0.2) is 13.6 Å². The minimum Gasteiger partial charge on any atom is -0.493 e. The number of nitrogens with zero attached hydrogens (tertiary/aromatic N) is 1. The van der Waals surface area contributed by atoms with Crippen molar-refractivity contribution in [2.75, 3.05) is 32.6 Å². The van der Waals surface area contributed by atoms with Gasteiger partial charge < -0.3 is 20.1 Å². The topological polar surface area (TPSA) is 62.8 Å². The summed E-state index contributed by atoms with van der Waals surface area (Å²) in [5.41, 5.74) is 1.04. The van der Waals surface area contributed by atoms with Crippen LogP contribution < -0.4 is 20.1 Å². The van der Waals surface area contributed by atoms with Crippen LogP contribution in [0.15, 0.2) is 36.4 Å². The first-order chi connectivity index (χ1) is 16.4. The molecule has 2 fully saturated rings. The van der Waals surface area contributed by atoms with E-state index in [4.69, 9.17) is 9.47 Å². The second-order valence-corrected chi connectivity index (χ2v) is 9.22. The molecule has 3 unspecified atom stereocenters.